The lowest BCUT2D eigenvalue weighted by molar-refractivity contribution is 0.415. The van der Waals surface area contributed by atoms with Crippen LogP contribution >= 0.6 is 0 Å². The van der Waals surface area contributed by atoms with Gasteiger partial charge in [0, 0.05) is 22.7 Å². The first-order valence-electron chi connectivity index (χ1n) is 5.80. The number of methoxy groups -OCH3 is 1. The molecule has 0 atom stereocenters. The molecule has 1 N–H and O–H groups in total. The Labute approximate surface area is 100 Å². The van der Waals surface area contributed by atoms with Gasteiger partial charge in [-0.15, -0.1) is 0 Å². The fourth-order valence-corrected chi connectivity index (χ4v) is 1.96. The average molecular weight is 231 g/mol. The maximum Gasteiger partial charge on any atom is 0.189 e. The van der Waals surface area contributed by atoms with Crippen LogP contribution in [0.3, 0.4) is 0 Å². The molecule has 0 spiro atoms. The third kappa shape index (κ3) is 2.49. The number of ether oxygens (including phenoxy) is 1. The molecule has 0 saturated heterocycles. The van der Waals surface area contributed by atoms with Crippen LogP contribution in [0.5, 0.6) is 5.75 Å². The van der Waals surface area contributed by atoms with Crippen LogP contribution < -0.4 is 10.2 Å². The summed E-state index contributed by atoms with van der Waals surface area (Å²) in [7, 11) is 1.60. The molecular formula is C14H17NO2. The predicted molar refractivity (Wildman–Crippen MR) is 69.7 cm³/mol. The number of pyridine rings is 1. The summed E-state index contributed by atoms with van der Waals surface area (Å²) in [6.07, 6.45) is 0.886. The summed E-state index contributed by atoms with van der Waals surface area (Å²) in [6.45, 7) is 4.27. The van der Waals surface area contributed by atoms with Crippen molar-refractivity contribution in [2.24, 2.45) is 5.92 Å². The number of nitrogens with one attached hydrogen (secondary N) is 1. The SMILES string of the molecule is COc1ccc2[nH]c(CC(C)C)cc(=O)c2c1. The second kappa shape index (κ2) is 4.62. The van der Waals surface area contributed by atoms with Crippen molar-refractivity contribution in [1.82, 2.24) is 4.98 Å². The van der Waals surface area contributed by atoms with Crippen LogP contribution in [0.15, 0.2) is 29.1 Å². The molecule has 0 aliphatic heterocycles. The molecule has 17 heavy (non-hydrogen) atoms. The maximum atomic E-state index is 12.0. The molecule has 1 aromatic carbocycles. The molecule has 90 valence electrons. The molecule has 0 saturated carbocycles. The molecule has 2 aromatic rings. The Morgan fingerprint density at radius 2 is 2.06 bits per heavy atom. The van der Waals surface area contributed by atoms with Gasteiger partial charge in [0.15, 0.2) is 5.43 Å². The molecule has 1 heterocycles. The van der Waals surface area contributed by atoms with E-state index in [-0.39, 0.29) is 5.43 Å². The van der Waals surface area contributed by atoms with Crippen LogP contribution in [0.25, 0.3) is 10.9 Å². The highest BCUT2D eigenvalue weighted by Gasteiger charge is 2.05. The minimum atomic E-state index is 0.0494. The van der Waals surface area contributed by atoms with Gasteiger partial charge in [-0.3, -0.25) is 4.79 Å². The fraction of sp³-hybridized carbons (Fsp3) is 0.357. The quantitative estimate of drug-likeness (QED) is 0.882. The number of aromatic nitrogens is 1. The molecule has 0 bridgehead atoms. The van der Waals surface area contributed by atoms with E-state index in [2.05, 4.69) is 18.8 Å². The van der Waals surface area contributed by atoms with Gasteiger partial charge in [0.05, 0.1) is 7.11 Å². The second-order valence-electron chi connectivity index (χ2n) is 4.67. The van der Waals surface area contributed by atoms with Crippen LogP contribution in [-0.2, 0) is 6.42 Å². The van der Waals surface area contributed by atoms with Gasteiger partial charge in [-0.2, -0.15) is 0 Å². The molecule has 0 unspecified atom stereocenters. The lowest BCUT2D eigenvalue weighted by Crippen LogP contribution is -2.07. The van der Waals surface area contributed by atoms with E-state index in [0.717, 1.165) is 17.6 Å². The Balaban J connectivity index is 2.56. The van der Waals surface area contributed by atoms with E-state index in [9.17, 15) is 4.79 Å². The van der Waals surface area contributed by atoms with Crippen LogP contribution in [-0.4, -0.2) is 12.1 Å². The lowest BCUT2D eigenvalue weighted by Gasteiger charge is -2.07. The monoisotopic (exact) mass is 231 g/mol. The number of fused-ring (bicyclic) bond motifs is 1. The van der Waals surface area contributed by atoms with Crippen LogP contribution in [0, 0.1) is 5.92 Å². The van der Waals surface area contributed by atoms with E-state index >= 15 is 0 Å². The highest BCUT2D eigenvalue weighted by atomic mass is 16.5. The Kier molecular flexibility index (Phi) is 3.18. The summed E-state index contributed by atoms with van der Waals surface area (Å²) < 4.78 is 5.12. The van der Waals surface area contributed by atoms with E-state index in [1.807, 2.05) is 12.1 Å². The van der Waals surface area contributed by atoms with Crippen LogP contribution in [0.4, 0.5) is 0 Å². The third-order valence-electron chi connectivity index (χ3n) is 2.72. The van der Waals surface area contributed by atoms with E-state index in [4.69, 9.17) is 4.74 Å². The Hall–Kier alpha value is -1.77. The van der Waals surface area contributed by atoms with Crippen molar-refractivity contribution in [3.05, 3.63) is 40.2 Å². The minimum Gasteiger partial charge on any atom is -0.497 e. The molecule has 0 aliphatic rings. The Morgan fingerprint density at radius 1 is 1.29 bits per heavy atom. The number of H-pyrrole nitrogens is 1. The zero-order valence-corrected chi connectivity index (χ0v) is 10.4. The minimum absolute atomic E-state index is 0.0494. The highest BCUT2D eigenvalue weighted by molar-refractivity contribution is 5.80. The van der Waals surface area contributed by atoms with Crippen molar-refractivity contribution in [2.75, 3.05) is 7.11 Å². The van der Waals surface area contributed by atoms with Gasteiger partial charge >= 0.3 is 0 Å². The second-order valence-corrected chi connectivity index (χ2v) is 4.67. The van der Waals surface area contributed by atoms with Crippen molar-refractivity contribution in [2.45, 2.75) is 20.3 Å². The summed E-state index contributed by atoms with van der Waals surface area (Å²) in [6, 6.07) is 7.20. The van der Waals surface area contributed by atoms with Gasteiger partial charge in [0.1, 0.15) is 5.75 Å². The van der Waals surface area contributed by atoms with Crippen molar-refractivity contribution >= 4 is 10.9 Å². The zero-order valence-electron chi connectivity index (χ0n) is 10.4. The lowest BCUT2D eigenvalue weighted by atomic mass is 10.1. The van der Waals surface area contributed by atoms with Gasteiger partial charge in [-0.05, 0) is 30.5 Å². The van der Waals surface area contributed by atoms with Gasteiger partial charge in [-0.1, -0.05) is 13.8 Å². The van der Waals surface area contributed by atoms with E-state index in [1.165, 1.54) is 0 Å². The summed E-state index contributed by atoms with van der Waals surface area (Å²) in [5, 5.41) is 0.678. The molecule has 2 rings (SSSR count). The number of hydrogen-bond acceptors (Lipinski definition) is 2. The topological polar surface area (TPSA) is 42.1 Å². The molecule has 0 fully saturated rings. The molecule has 3 heteroatoms. The van der Waals surface area contributed by atoms with Gasteiger partial charge < -0.3 is 9.72 Å². The standard InChI is InChI=1S/C14H17NO2/c1-9(2)6-10-7-14(16)12-8-11(17-3)4-5-13(12)15-10/h4-5,7-9H,6H2,1-3H3,(H,15,16). The molecule has 3 nitrogen and oxygen atoms in total. The van der Waals surface area contributed by atoms with E-state index in [0.29, 0.717) is 17.1 Å². The molecule has 0 radical (unpaired) electrons. The number of hydrogen-bond donors (Lipinski definition) is 1. The number of rotatable bonds is 3. The highest BCUT2D eigenvalue weighted by Crippen LogP contribution is 2.17. The normalized spacial score (nSPS) is 11.1. The predicted octanol–water partition coefficient (Wildman–Crippen LogP) is 2.74. The summed E-state index contributed by atoms with van der Waals surface area (Å²) in [4.78, 5) is 15.3. The fourth-order valence-electron chi connectivity index (χ4n) is 1.96. The van der Waals surface area contributed by atoms with Crippen LogP contribution in [0.2, 0.25) is 0 Å². The first kappa shape index (κ1) is 11.7. The molecule has 0 amide bonds. The third-order valence-corrected chi connectivity index (χ3v) is 2.72. The van der Waals surface area contributed by atoms with Gasteiger partial charge in [0.2, 0.25) is 0 Å². The number of benzene rings is 1. The van der Waals surface area contributed by atoms with Crippen molar-refractivity contribution in [1.29, 1.82) is 0 Å². The molecule has 0 aliphatic carbocycles. The van der Waals surface area contributed by atoms with Gasteiger partial charge in [-0.25, -0.2) is 0 Å². The van der Waals surface area contributed by atoms with Crippen molar-refractivity contribution in [3.8, 4) is 5.75 Å². The Bertz CT molecular complexity index is 584. The van der Waals surface area contributed by atoms with E-state index in [1.54, 1.807) is 19.2 Å². The van der Waals surface area contributed by atoms with Crippen molar-refractivity contribution in [3.63, 3.8) is 0 Å². The average Bonchev–Trinajstić information content (AvgIpc) is 2.28. The maximum absolute atomic E-state index is 12.0. The summed E-state index contributed by atoms with van der Waals surface area (Å²) >= 11 is 0. The van der Waals surface area contributed by atoms with E-state index < -0.39 is 0 Å². The van der Waals surface area contributed by atoms with Crippen LogP contribution in [0.1, 0.15) is 19.5 Å². The first-order chi connectivity index (χ1) is 8.10. The number of aromatic amines is 1. The van der Waals surface area contributed by atoms with Crippen molar-refractivity contribution < 1.29 is 4.74 Å². The summed E-state index contributed by atoms with van der Waals surface area (Å²) in [5.41, 5.74) is 1.91. The molecular weight excluding hydrogens is 214 g/mol. The smallest absolute Gasteiger partial charge is 0.189 e. The molecule has 1 aromatic heterocycles. The summed E-state index contributed by atoms with van der Waals surface area (Å²) in [5.74, 6) is 1.24. The van der Waals surface area contributed by atoms with Gasteiger partial charge in [0.25, 0.3) is 0 Å². The Morgan fingerprint density at radius 3 is 2.71 bits per heavy atom. The first-order valence-corrected chi connectivity index (χ1v) is 5.80. The largest absolute Gasteiger partial charge is 0.497 e. The zero-order chi connectivity index (χ0) is 12.4.